The van der Waals surface area contributed by atoms with Crippen LogP contribution in [-0.2, 0) is 0 Å². The maximum atomic E-state index is 12.7. The molecule has 1 amide bonds. The van der Waals surface area contributed by atoms with Gasteiger partial charge in [0, 0.05) is 33.6 Å². The molecule has 2 heterocycles. The standard InChI is InChI=1S/C24H22N2O2S.C15H14N2S.C9H6ClF3O2.CH4/c1-14-5-10-21-22(11-14)29-24(26-21)20-8-6-17(12-15(20)2)25-23(27)19-9-7-18(28-4)13-16(19)3;1-9-3-6-13-14(7-9)18-15(17-13)12-5-4-11(16)8-10(12)2;1-5-2-3-6(15-9(11,12)13)4-7(5)8(10)14;/h5-13H,1-4H3,(H,25,27);3-8H,16H2,1-2H3;2-4H,1H3;1H4. The first-order valence-corrected chi connectivity index (χ1v) is 21.1. The number of carbonyl (C=O) groups is 2. The van der Waals surface area contributed by atoms with Crippen LogP contribution in [0.3, 0.4) is 0 Å². The van der Waals surface area contributed by atoms with Gasteiger partial charge in [0.1, 0.15) is 21.5 Å². The lowest BCUT2D eigenvalue weighted by Crippen LogP contribution is -2.17. The van der Waals surface area contributed by atoms with Crippen LogP contribution in [0.15, 0.2) is 109 Å². The highest BCUT2D eigenvalue weighted by molar-refractivity contribution is 7.22. The Bertz CT molecular complexity index is 2950. The number of carbonyl (C=O) groups excluding carboxylic acids is 2. The molecule has 0 fully saturated rings. The molecular formula is C49H46ClF3N4O4S2. The van der Waals surface area contributed by atoms with Crippen molar-refractivity contribution in [1.29, 1.82) is 0 Å². The number of methoxy groups -OCH3 is 1. The number of alkyl halides is 3. The number of hydrogen-bond donors (Lipinski definition) is 2. The maximum Gasteiger partial charge on any atom is 0.573 e. The van der Waals surface area contributed by atoms with E-state index >= 15 is 0 Å². The minimum Gasteiger partial charge on any atom is -0.497 e. The number of thiazole rings is 2. The first-order chi connectivity index (χ1) is 29.4. The molecule has 3 N–H and O–H groups in total. The number of nitrogens with zero attached hydrogens (tertiary/aromatic N) is 2. The zero-order chi connectivity index (χ0) is 44.9. The molecule has 8 rings (SSSR count). The molecule has 63 heavy (non-hydrogen) atoms. The number of hydrogen-bond acceptors (Lipinski definition) is 9. The summed E-state index contributed by atoms with van der Waals surface area (Å²) in [7, 11) is 1.62. The van der Waals surface area contributed by atoms with E-state index in [1.807, 2.05) is 50.2 Å². The van der Waals surface area contributed by atoms with E-state index in [0.717, 1.165) is 67.0 Å². The summed E-state index contributed by atoms with van der Waals surface area (Å²) in [6.07, 6.45) is -4.78. The number of benzene rings is 6. The molecule has 0 saturated heterocycles. The average molecular weight is 912 g/mol. The number of aromatic nitrogens is 2. The first kappa shape index (κ1) is 47.8. The molecular weight excluding hydrogens is 865 g/mol. The number of ether oxygens (including phenoxy) is 2. The first-order valence-electron chi connectivity index (χ1n) is 19.1. The van der Waals surface area contributed by atoms with Gasteiger partial charge in [0.2, 0.25) is 0 Å². The number of nitrogens with one attached hydrogen (secondary N) is 1. The fourth-order valence-electron chi connectivity index (χ4n) is 6.43. The van der Waals surface area contributed by atoms with Gasteiger partial charge in [0.25, 0.3) is 11.1 Å². The highest BCUT2D eigenvalue weighted by atomic mass is 35.5. The van der Waals surface area contributed by atoms with Crippen LogP contribution in [0.1, 0.15) is 61.5 Å². The Labute approximate surface area is 377 Å². The van der Waals surface area contributed by atoms with Crippen molar-refractivity contribution in [2.75, 3.05) is 18.2 Å². The van der Waals surface area contributed by atoms with Crippen LogP contribution in [0.25, 0.3) is 41.6 Å². The molecule has 326 valence electrons. The largest absolute Gasteiger partial charge is 0.573 e. The second kappa shape index (κ2) is 20.3. The molecule has 0 aliphatic heterocycles. The van der Waals surface area contributed by atoms with Gasteiger partial charge in [-0.3, -0.25) is 9.59 Å². The van der Waals surface area contributed by atoms with E-state index in [0.29, 0.717) is 11.1 Å². The fraction of sp³-hybridized carbons (Fsp3) is 0.184. The number of aryl methyl sites for hydroxylation is 6. The van der Waals surface area contributed by atoms with Gasteiger partial charge < -0.3 is 20.5 Å². The maximum absolute atomic E-state index is 12.7. The van der Waals surface area contributed by atoms with E-state index in [9.17, 15) is 22.8 Å². The van der Waals surface area contributed by atoms with Gasteiger partial charge in [0.15, 0.2) is 0 Å². The van der Waals surface area contributed by atoms with Crippen LogP contribution < -0.4 is 20.5 Å². The van der Waals surface area contributed by atoms with Crippen molar-refractivity contribution in [2.24, 2.45) is 0 Å². The number of anilines is 2. The van der Waals surface area contributed by atoms with E-state index in [-0.39, 0.29) is 18.9 Å². The molecule has 0 saturated carbocycles. The number of fused-ring (bicyclic) bond motifs is 2. The molecule has 0 radical (unpaired) electrons. The van der Waals surface area contributed by atoms with Crippen molar-refractivity contribution >= 4 is 77.2 Å². The number of nitrogens with two attached hydrogens (primary N) is 1. The molecule has 0 aliphatic carbocycles. The SMILES string of the molecule is C.COc1ccc(C(=O)Nc2ccc(-c3nc4ccc(C)cc4s3)c(C)c2)c(C)c1.Cc1ccc(OC(F)(F)F)cc1C(=O)Cl.Cc1ccc2nc(-c3ccc(N)cc3C)sc2c1. The molecule has 0 aliphatic rings. The summed E-state index contributed by atoms with van der Waals surface area (Å²) in [6, 6.07) is 33.4. The number of halogens is 4. The van der Waals surface area contributed by atoms with Gasteiger partial charge >= 0.3 is 6.36 Å². The van der Waals surface area contributed by atoms with E-state index in [1.54, 1.807) is 48.8 Å². The van der Waals surface area contributed by atoms with Crippen molar-refractivity contribution in [3.8, 4) is 32.6 Å². The van der Waals surface area contributed by atoms with Crippen molar-refractivity contribution in [2.45, 2.75) is 55.3 Å². The Balaban J connectivity index is 0.000000190. The minimum atomic E-state index is -4.78. The topological polar surface area (TPSA) is 116 Å². The average Bonchev–Trinajstić information content (AvgIpc) is 3.82. The third kappa shape index (κ3) is 12.2. The van der Waals surface area contributed by atoms with Crippen LogP contribution in [0, 0.1) is 41.5 Å². The molecule has 0 spiro atoms. The zero-order valence-corrected chi connectivity index (χ0v) is 37.2. The van der Waals surface area contributed by atoms with E-state index in [1.165, 1.54) is 37.7 Å². The van der Waals surface area contributed by atoms with Crippen molar-refractivity contribution < 1.29 is 32.2 Å². The Hall–Kier alpha value is -6.28. The smallest absolute Gasteiger partial charge is 0.497 e. The second-order valence-electron chi connectivity index (χ2n) is 14.5. The van der Waals surface area contributed by atoms with Crippen LogP contribution in [-0.4, -0.2) is 34.6 Å². The molecule has 0 unspecified atom stereocenters. The lowest BCUT2D eigenvalue weighted by atomic mass is 10.1. The van der Waals surface area contributed by atoms with E-state index in [4.69, 9.17) is 32.0 Å². The third-order valence-electron chi connectivity index (χ3n) is 9.62. The van der Waals surface area contributed by atoms with E-state index in [2.05, 4.69) is 73.3 Å². The normalized spacial score (nSPS) is 10.8. The van der Waals surface area contributed by atoms with Crippen LogP contribution in [0.4, 0.5) is 24.5 Å². The number of amides is 1. The molecule has 14 heteroatoms. The van der Waals surface area contributed by atoms with Gasteiger partial charge in [-0.15, -0.1) is 35.8 Å². The summed E-state index contributed by atoms with van der Waals surface area (Å²) in [5, 5.41) is 4.23. The second-order valence-corrected chi connectivity index (χ2v) is 16.9. The highest BCUT2D eigenvalue weighted by Gasteiger charge is 2.31. The van der Waals surface area contributed by atoms with Gasteiger partial charge in [0.05, 0.1) is 27.5 Å². The number of rotatable bonds is 7. The Morgan fingerprint density at radius 3 is 1.70 bits per heavy atom. The quantitative estimate of drug-likeness (QED) is 0.121. The van der Waals surface area contributed by atoms with Gasteiger partial charge in [-0.05, 0) is 178 Å². The van der Waals surface area contributed by atoms with Gasteiger partial charge in [-0.1, -0.05) is 25.6 Å². The summed E-state index contributed by atoms with van der Waals surface area (Å²) in [4.78, 5) is 33.0. The molecule has 8 aromatic rings. The predicted molar refractivity (Wildman–Crippen MR) is 254 cm³/mol. The predicted octanol–water partition coefficient (Wildman–Crippen LogP) is 14.2. The fourth-order valence-corrected chi connectivity index (χ4v) is 8.94. The molecule has 2 aromatic heterocycles. The zero-order valence-electron chi connectivity index (χ0n) is 34.8. The minimum absolute atomic E-state index is 0. The molecule has 0 bridgehead atoms. The molecule has 0 atom stereocenters. The third-order valence-corrected chi connectivity index (χ3v) is 11.9. The van der Waals surface area contributed by atoms with Crippen LogP contribution in [0.5, 0.6) is 11.5 Å². The monoisotopic (exact) mass is 910 g/mol. The van der Waals surface area contributed by atoms with Crippen molar-refractivity contribution in [1.82, 2.24) is 9.97 Å². The lowest BCUT2D eigenvalue weighted by molar-refractivity contribution is -0.274. The van der Waals surface area contributed by atoms with Crippen molar-refractivity contribution in [3.05, 3.63) is 154 Å². The summed E-state index contributed by atoms with van der Waals surface area (Å²) >= 11 is 8.60. The summed E-state index contributed by atoms with van der Waals surface area (Å²) in [6.45, 7) is 11.8. The van der Waals surface area contributed by atoms with Crippen LogP contribution in [0.2, 0.25) is 0 Å². The van der Waals surface area contributed by atoms with E-state index < -0.39 is 17.4 Å². The summed E-state index contributed by atoms with van der Waals surface area (Å²) in [5.74, 6) is 0.148. The van der Waals surface area contributed by atoms with Gasteiger partial charge in [-0.2, -0.15) is 0 Å². The Morgan fingerprint density at radius 1 is 0.635 bits per heavy atom. The van der Waals surface area contributed by atoms with Gasteiger partial charge in [-0.25, -0.2) is 9.97 Å². The Morgan fingerprint density at radius 2 is 1.19 bits per heavy atom. The highest BCUT2D eigenvalue weighted by Crippen LogP contribution is 2.35. The lowest BCUT2D eigenvalue weighted by Gasteiger charge is -2.11. The summed E-state index contributed by atoms with van der Waals surface area (Å²) < 4.78 is 46.8. The summed E-state index contributed by atoms with van der Waals surface area (Å²) in [5.41, 5.74) is 18.4. The van der Waals surface area contributed by atoms with Crippen molar-refractivity contribution in [3.63, 3.8) is 0 Å². The van der Waals surface area contributed by atoms with Crippen LogP contribution >= 0.6 is 34.3 Å². The number of nitrogen functional groups attached to an aromatic ring is 1. The Kier molecular flexibility index (Phi) is 15.4. The molecule has 6 aromatic carbocycles. The molecule has 8 nitrogen and oxygen atoms in total.